The van der Waals surface area contributed by atoms with Crippen molar-refractivity contribution in [1.29, 1.82) is 0 Å². The lowest BCUT2D eigenvalue weighted by Crippen LogP contribution is -2.30. The monoisotopic (exact) mass is 915 g/mol. The van der Waals surface area contributed by atoms with E-state index in [4.69, 9.17) is 14.2 Å². The molecule has 0 spiro atoms. The molecule has 0 aliphatic heterocycles. The predicted molar refractivity (Wildman–Crippen MR) is 283 cm³/mol. The lowest BCUT2D eigenvalue weighted by Gasteiger charge is -2.18. The maximum atomic E-state index is 12.8. The zero-order valence-corrected chi connectivity index (χ0v) is 42.7. The van der Waals surface area contributed by atoms with Gasteiger partial charge in [-0.15, -0.1) is 0 Å². The lowest BCUT2D eigenvalue weighted by atomic mass is 10.1. The summed E-state index contributed by atoms with van der Waals surface area (Å²) in [7, 11) is 0. The predicted octanol–water partition coefficient (Wildman–Crippen LogP) is 17.9. The van der Waals surface area contributed by atoms with Crippen LogP contribution in [0.25, 0.3) is 0 Å². The molecule has 0 saturated carbocycles. The van der Waals surface area contributed by atoms with E-state index in [-0.39, 0.29) is 31.1 Å². The van der Waals surface area contributed by atoms with E-state index < -0.39 is 6.10 Å². The van der Waals surface area contributed by atoms with Crippen LogP contribution in [0.15, 0.2) is 109 Å². The highest BCUT2D eigenvalue weighted by atomic mass is 16.6. The minimum Gasteiger partial charge on any atom is -0.462 e. The van der Waals surface area contributed by atoms with Gasteiger partial charge in [-0.3, -0.25) is 14.4 Å². The number of carbonyl (C=O) groups is 3. The molecule has 0 aromatic carbocycles. The van der Waals surface area contributed by atoms with E-state index in [2.05, 4.69) is 130 Å². The molecule has 374 valence electrons. The highest BCUT2D eigenvalue weighted by Crippen LogP contribution is 2.13. The Kier molecular flexibility index (Phi) is 50.5. The van der Waals surface area contributed by atoms with Gasteiger partial charge in [-0.2, -0.15) is 0 Å². The largest absolute Gasteiger partial charge is 0.462 e. The molecule has 0 saturated heterocycles. The maximum Gasteiger partial charge on any atom is 0.306 e. The Balaban J connectivity index is 4.46. The van der Waals surface area contributed by atoms with E-state index in [1.165, 1.54) is 57.8 Å². The van der Waals surface area contributed by atoms with Gasteiger partial charge in [0.1, 0.15) is 13.2 Å². The average Bonchev–Trinajstić information content (AvgIpc) is 3.31. The Morgan fingerprint density at radius 2 is 0.667 bits per heavy atom. The van der Waals surface area contributed by atoms with Crippen molar-refractivity contribution in [3.05, 3.63) is 109 Å². The topological polar surface area (TPSA) is 78.9 Å². The Bertz CT molecular complexity index is 1370. The Morgan fingerprint density at radius 1 is 0.333 bits per heavy atom. The molecule has 0 N–H and O–H groups in total. The van der Waals surface area contributed by atoms with E-state index >= 15 is 0 Å². The van der Waals surface area contributed by atoms with E-state index in [1.807, 2.05) is 0 Å². The van der Waals surface area contributed by atoms with Gasteiger partial charge in [0.2, 0.25) is 0 Å². The van der Waals surface area contributed by atoms with Crippen LogP contribution in [0.4, 0.5) is 0 Å². The smallest absolute Gasteiger partial charge is 0.306 e. The Morgan fingerprint density at radius 3 is 1.12 bits per heavy atom. The minimum absolute atomic E-state index is 0.105. The zero-order valence-electron chi connectivity index (χ0n) is 42.7. The third-order valence-electron chi connectivity index (χ3n) is 11.1. The van der Waals surface area contributed by atoms with E-state index in [0.717, 1.165) is 135 Å². The first-order valence-corrected chi connectivity index (χ1v) is 26.9. The van der Waals surface area contributed by atoms with Crippen LogP contribution in [-0.4, -0.2) is 37.2 Å². The molecule has 1 unspecified atom stereocenters. The van der Waals surface area contributed by atoms with Crippen molar-refractivity contribution in [1.82, 2.24) is 0 Å². The van der Waals surface area contributed by atoms with Gasteiger partial charge in [0.25, 0.3) is 0 Å². The molecule has 0 heterocycles. The van der Waals surface area contributed by atoms with Crippen LogP contribution in [-0.2, 0) is 28.6 Å². The number of carbonyl (C=O) groups excluding carboxylic acids is 3. The van der Waals surface area contributed by atoms with Crippen LogP contribution in [0, 0.1) is 0 Å². The third-order valence-corrected chi connectivity index (χ3v) is 11.1. The summed E-state index contributed by atoms with van der Waals surface area (Å²) >= 11 is 0. The number of hydrogen-bond donors (Lipinski definition) is 0. The molecule has 0 aliphatic rings. The minimum atomic E-state index is -0.807. The Hall–Kier alpha value is -3.93. The van der Waals surface area contributed by atoms with Crippen LogP contribution in [0.1, 0.15) is 233 Å². The van der Waals surface area contributed by atoms with Crippen LogP contribution >= 0.6 is 0 Å². The molecule has 0 aliphatic carbocycles. The second-order valence-corrected chi connectivity index (χ2v) is 17.5. The Labute approximate surface area is 406 Å². The van der Waals surface area contributed by atoms with Crippen LogP contribution < -0.4 is 0 Å². The first kappa shape index (κ1) is 62.1. The van der Waals surface area contributed by atoms with Crippen molar-refractivity contribution in [2.75, 3.05) is 13.2 Å². The summed E-state index contributed by atoms with van der Waals surface area (Å²) in [5.41, 5.74) is 0. The zero-order chi connectivity index (χ0) is 47.9. The first-order valence-electron chi connectivity index (χ1n) is 26.9. The van der Waals surface area contributed by atoms with Crippen molar-refractivity contribution >= 4 is 17.9 Å². The van der Waals surface area contributed by atoms with Crippen LogP contribution in [0.3, 0.4) is 0 Å². The summed E-state index contributed by atoms with van der Waals surface area (Å²) in [5.74, 6) is -0.970. The maximum absolute atomic E-state index is 12.8. The fourth-order valence-electron chi connectivity index (χ4n) is 7.00. The van der Waals surface area contributed by atoms with E-state index in [9.17, 15) is 14.4 Å². The molecule has 0 fully saturated rings. The highest BCUT2D eigenvalue weighted by molar-refractivity contribution is 5.71. The average molecular weight is 915 g/mol. The fourth-order valence-corrected chi connectivity index (χ4v) is 7.00. The quantitative estimate of drug-likeness (QED) is 0.0199. The molecule has 0 amide bonds. The summed E-state index contributed by atoms with van der Waals surface area (Å²) in [6.45, 7) is 6.39. The van der Waals surface area contributed by atoms with E-state index in [0.29, 0.717) is 19.3 Å². The van der Waals surface area contributed by atoms with Gasteiger partial charge in [-0.05, 0) is 103 Å². The molecule has 0 radical (unpaired) electrons. The third kappa shape index (κ3) is 51.1. The van der Waals surface area contributed by atoms with Crippen molar-refractivity contribution in [3.63, 3.8) is 0 Å². The number of ether oxygens (including phenoxy) is 3. The number of esters is 3. The molecule has 6 nitrogen and oxygen atoms in total. The summed E-state index contributed by atoms with van der Waals surface area (Å²) in [5, 5.41) is 0. The van der Waals surface area contributed by atoms with E-state index in [1.54, 1.807) is 0 Å². The summed E-state index contributed by atoms with van der Waals surface area (Å²) < 4.78 is 16.8. The van der Waals surface area contributed by atoms with Crippen molar-refractivity contribution in [3.8, 4) is 0 Å². The SMILES string of the molecule is CC/C=C\C/C=C\C/C=C\C/C=C\CCCCCCCCC(=O)OCC(COC(=O)CCCCC/C=C\C=C/CCCC)OC(=O)CCCCCCC\C=C/C=C\C=C/CCCCCCC. The number of allylic oxidation sites excluding steroid dienone is 18. The summed E-state index contributed by atoms with van der Waals surface area (Å²) in [4.78, 5) is 38.0. The normalized spacial score (nSPS) is 13.0. The number of unbranched alkanes of at least 4 members (excludes halogenated alkanes) is 21. The molecular formula is C60H98O6. The van der Waals surface area contributed by atoms with Crippen LogP contribution in [0.5, 0.6) is 0 Å². The van der Waals surface area contributed by atoms with Gasteiger partial charge in [-0.25, -0.2) is 0 Å². The second kappa shape index (κ2) is 53.7. The van der Waals surface area contributed by atoms with Crippen molar-refractivity contribution < 1.29 is 28.6 Å². The van der Waals surface area contributed by atoms with Crippen molar-refractivity contribution in [2.45, 2.75) is 239 Å². The molecule has 0 bridgehead atoms. The highest BCUT2D eigenvalue weighted by Gasteiger charge is 2.19. The van der Waals surface area contributed by atoms with Gasteiger partial charge < -0.3 is 14.2 Å². The first-order chi connectivity index (χ1) is 32.5. The van der Waals surface area contributed by atoms with Gasteiger partial charge in [0.15, 0.2) is 6.10 Å². The van der Waals surface area contributed by atoms with Gasteiger partial charge in [0, 0.05) is 19.3 Å². The second-order valence-electron chi connectivity index (χ2n) is 17.5. The van der Waals surface area contributed by atoms with Gasteiger partial charge in [0.05, 0.1) is 0 Å². The van der Waals surface area contributed by atoms with Gasteiger partial charge >= 0.3 is 17.9 Å². The molecule has 66 heavy (non-hydrogen) atoms. The fraction of sp³-hybridized carbons (Fsp3) is 0.650. The molecule has 0 aromatic rings. The van der Waals surface area contributed by atoms with Crippen LogP contribution in [0.2, 0.25) is 0 Å². The number of rotatable bonds is 47. The molecule has 6 heteroatoms. The summed E-state index contributed by atoms with van der Waals surface area (Å²) in [6, 6.07) is 0. The summed E-state index contributed by atoms with van der Waals surface area (Å²) in [6.07, 6.45) is 72.1. The molecular weight excluding hydrogens is 817 g/mol. The molecule has 0 rings (SSSR count). The standard InChI is InChI=1S/C60H98O6/c1-4-7-10-13-16-19-22-24-26-28-30-32-33-35-38-41-44-47-50-53-59(62)65-56-57(55-64-58(61)52-49-46-43-40-37-21-18-15-12-9-6-3)66-60(63)54-51-48-45-42-39-36-34-31-29-27-25-23-20-17-14-11-8-5-2/h7,10,15-16,18-19,21,23-27,29-32,34,37,57H,4-6,8-9,11-14,17,20,22,28,33,35-36,38-56H2,1-3H3/b10-7-,18-15-,19-16-,25-23-,26-24-,29-27-,32-30-,34-31-,37-21-. The lowest BCUT2D eigenvalue weighted by molar-refractivity contribution is -0.167. The van der Waals surface area contributed by atoms with Crippen molar-refractivity contribution in [2.24, 2.45) is 0 Å². The molecule has 1 atom stereocenters. The number of hydrogen-bond acceptors (Lipinski definition) is 6. The van der Waals surface area contributed by atoms with Gasteiger partial charge in [-0.1, -0.05) is 220 Å². The molecule has 0 aromatic heterocycles.